The molecular weight excluding hydrogens is 471 g/mol. The third-order valence-corrected chi connectivity index (χ3v) is 8.01. The van der Waals surface area contributed by atoms with Crippen molar-refractivity contribution in [2.75, 3.05) is 0 Å². The van der Waals surface area contributed by atoms with E-state index in [1.807, 2.05) is 54.6 Å². The number of hydrogen-bond donors (Lipinski definition) is 0. The first kappa shape index (κ1) is 23.0. The highest BCUT2D eigenvalue weighted by atomic mass is 31.1. The molecule has 2 nitrogen and oxygen atoms in total. The average molecular weight is 497 g/mol. The summed E-state index contributed by atoms with van der Waals surface area (Å²) in [5.74, 6) is 0.534. The van der Waals surface area contributed by atoms with Gasteiger partial charge in [0, 0.05) is 10.9 Å². The Morgan fingerprint density at radius 1 is 0.405 bits per heavy atom. The smallest absolute Gasteiger partial charge is 0.297 e. The van der Waals surface area contributed by atoms with Gasteiger partial charge in [-0.05, 0) is 22.3 Å². The van der Waals surface area contributed by atoms with Crippen LogP contribution in [0.5, 0.6) is 0 Å². The van der Waals surface area contributed by atoms with Crippen LogP contribution < -0.4 is 5.30 Å². The molecule has 0 bridgehead atoms. The van der Waals surface area contributed by atoms with Gasteiger partial charge in [0.15, 0.2) is 13.6 Å². The molecule has 0 N–H and O–H groups in total. The van der Waals surface area contributed by atoms with Crippen LogP contribution in [0.4, 0.5) is 0 Å². The molecule has 1 fully saturated rings. The van der Waals surface area contributed by atoms with Gasteiger partial charge in [-0.3, -0.25) is 0 Å². The SMILES string of the molecule is c1ccc(C(=C2OC(=C(c3ccccc3)c3ccccc3)P(c3ccccc3)O2)c2ccccc2)cc1. The van der Waals surface area contributed by atoms with Gasteiger partial charge < -0.3 is 9.26 Å². The van der Waals surface area contributed by atoms with E-state index in [9.17, 15) is 0 Å². The van der Waals surface area contributed by atoms with Crippen molar-refractivity contribution < 1.29 is 9.26 Å². The van der Waals surface area contributed by atoms with Crippen LogP contribution in [0, 0.1) is 0 Å². The summed E-state index contributed by atoms with van der Waals surface area (Å²) in [5.41, 5.74) is 7.13. The molecular formula is C34H25O2P. The molecule has 1 atom stereocenters. The summed E-state index contributed by atoms with van der Waals surface area (Å²) in [6.07, 6.45) is 0. The lowest BCUT2D eigenvalue weighted by Gasteiger charge is -2.14. The molecule has 0 spiro atoms. The van der Waals surface area contributed by atoms with Gasteiger partial charge in [-0.15, -0.1) is 0 Å². The highest BCUT2D eigenvalue weighted by Gasteiger charge is 2.37. The van der Waals surface area contributed by atoms with Crippen molar-refractivity contribution in [3.63, 3.8) is 0 Å². The monoisotopic (exact) mass is 496 g/mol. The van der Waals surface area contributed by atoms with Crippen LogP contribution in [-0.4, -0.2) is 0 Å². The quantitative estimate of drug-likeness (QED) is 0.227. The molecule has 1 aliphatic heterocycles. The van der Waals surface area contributed by atoms with Crippen LogP contribution in [0.15, 0.2) is 163 Å². The van der Waals surface area contributed by atoms with Crippen molar-refractivity contribution in [3.8, 4) is 0 Å². The first-order valence-electron chi connectivity index (χ1n) is 12.3. The Hall–Kier alpha value is -4.39. The Bertz CT molecular complexity index is 1450. The number of hydrogen-bond acceptors (Lipinski definition) is 2. The van der Waals surface area contributed by atoms with E-state index in [1.165, 1.54) is 0 Å². The summed E-state index contributed by atoms with van der Waals surface area (Å²) < 4.78 is 13.7. The molecule has 0 amide bonds. The minimum atomic E-state index is -1.24. The number of ether oxygens (including phenoxy) is 1. The highest BCUT2D eigenvalue weighted by Crippen LogP contribution is 2.59. The first-order valence-corrected chi connectivity index (χ1v) is 13.6. The zero-order valence-corrected chi connectivity index (χ0v) is 21.1. The largest absolute Gasteiger partial charge is 0.431 e. The zero-order chi connectivity index (χ0) is 24.9. The maximum absolute atomic E-state index is 6.84. The second kappa shape index (κ2) is 10.7. The molecule has 0 radical (unpaired) electrons. The predicted molar refractivity (Wildman–Crippen MR) is 153 cm³/mol. The Morgan fingerprint density at radius 2 is 0.757 bits per heavy atom. The van der Waals surface area contributed by atoms with Gasteiger partial charge in [-0.2, -0.15) is 0 Å². The summed E-state index contributed by atoms with van der Waals surface area (Å²) in [6.45, 7) is 0. The summed E-state index contributed by atoms with van der Waals surface area (Å²) in [5, 5.41) is 1.10. The van der Waals surface area contributed by atoms with E-state index in [0.29, 0.717) is 5.95 Å². The third kappa shape index (κ3) is 4.85. The molecule has 5 aromatic rings. The van der Waals surface area contributed by atoms with Gasteiger partial charge in [-0.1, -0.05) is 152 Å². The van der Waals surface area contributed by atoms with Gasteiger partial charge in [0.1, 0.15) is 0 Å². The minimum absolute atomic E-state index is 0.534. The molecule has 1 saturated heterocycles. The van der Waals surface area contributed by atoms with Crippen LogP contribution in [-0.2, 0) is 9.26 Å². The predicted octanol–water partition coefficient (Wildman–Crippen LogP) is 8.59. The van der Waals surface area contributed by atoms with Crippen molar-refractivity contribution in [1.82, 2.24) is 0 Å². The maximum atomic E-state index is 6.84. The normalized spacial score (nSPS) is 14.5. The van der Waals surface area contributed by atoms with E-state index in [-0.39, 0.29) is 0 Å². The molecule has 0 aromatic heterocycles. The molecule has 6 rings (SSSR count). The standard InChI is InChI=1S/C34H25O2P/c1-6-16-26(17-7-1)31(27-18-8-2-9-19-27)33-35-34(37(36-33)30-24-14-5-15-25-30)32(28-20-10-3-11-21-28)29-22-12-4-13-23-29/h1-25H. The fourth-order valence-electron chi connectivity index (χ4n) is 4.49. The molecule has 1 aliphatic rings. The Labute approximate surface area is 219 Å². The Kier molecular flexibility index (Phi) is 6.66. The summed E-state index contributed by atoms with van der Waals surface area (Å²) in [4.78, 5) is 0. The molecule has 0 saturated carbocycles. The average Bonchev–Trinajstić information content (AvgIpc) is 3.40. The number of benzene rings is 5. The fourth-order valence-corrected chi connectivity index (χ4v) is 6.28. The second-order valence-corrected chi connectivity index (χ2v) is 10.3. The lowest BCUT2D eigenvalue weighted by Crippen LogP contribution is -2.01. The van der Waals surface area contributed by atoms with Gasteiger partial charge >= 0.3 is 0 Å². The molecule has 1 unspecified atom stereocenters. The Balaban J connectivity index is 1.63. The summed E-state index contributed by atoms with van der Waals surface area (Å²) in [6, 6.07) is 51.9. The molecule has 5 aromatic carbocycles. The van der Waals surface area contributed by atoms with Crippen LogP contribution in [0.2, 0.25) is 0 Å². The van der Waals surface area contributed by atoms with Gasteiger partial charge in [0.05, 0.1) is 5.57 Å². The Morgan fingerprint density at radius 3 is 1.16 bits per heavy atom. The zero-order valence-electron chi connectivity index (χ0n) is 20.2. The molecule has 0 aliphatic carbocycles. The number of rotatable bonds is 5. The molecule has 178 valence electrons. The molecule has 1 heterocycles. The van der Waals surface area contributed by atoms with E-state index in [1.54, 1.807) is 0 Å². The van der Waals surface area contributed by atoms with Crippen molar-refractivity contribution in [3.05, 3.63) is 185 Å². The van der Waals surface area contributed by atoms with E-state index in [0.717, 1.165) is 44.2 Å². The van der Waals surface area contributed by atoms with Gasteiger partial charge in [0.2, 0.25) is 0 Å². The van der Waals surface area contributed by atoms with Crippen LogP contribution in [0.25, 0.3) is 11.1 Å². The third-order valence-electron chi connectivity index (χ3n) is 6.21. The van der Waals surface area contributed by atoms with Gasteiger partial charge in [-0.25, -0.2) is 0 Å². The summed E-state index contributed by atoms with van der Waals surface area (Å²) in [7, 11) is -1.24. The van der Waals surface area contributed by atoms with E-state index < -0.39 is 8.15 Å². The van der Waals surface area contributed by atoms with Gasteiger partial charge in [0.25, 0.3) is 5.95 Å². The second-order valence-electron chi connectivity index (χ2n) is 8.63. The van der Waals surface area contributed by atoms with E-state index in [2.05, 4.69) is 97.1 Å². The van der Waals surface area contributed by atoms with Crippen molar-refractivity contribution >= 4 is 24.6 Å². The first-order chi connectivity index (χ1) is 18.4. The van der Waals surface area contributed by atoms with E-state index >= 15 is 0 Å². The minimum Gasteiger partial charge on any atom is -0.431 e. The van der Waals surface area contributed by atoms with Crippen LogP contribution in [0.1, 0.15) is 22.3 Å². The van der Waals surface area contributed by atoms with E-state index in [4.69, 9.17) is 9.26 Å². The molecule has 37 heavy (non-hydrogen) atoms. The van der Waals surface area contributed by atoms with Crippen molar-refractivity contribution in [2.45, 2.75) is 0 Å². The lowest BCUT2D eigenvalue weighted by molar-refractivity contribution is 0.235. The van der Waals surface area contributed by atoms with Crippen molar-refractivity contribution in [2.24, 2.45) is 0 Å². The highest BCUT2D eigenvalue weighted by molar-refractivity contribution is 7.65. The lowest BCUT2D eigenvalue weighted by atomic mass is 9.98. The van der Waals surface area contributed by atoms with Crippen molar-refractivity contribution in [1.29, 1.82) is 0 Å². The van der Waals surface area contributed by atoms with Crippen LogP contribution in [0.3, 0.4) is 0 Å². The van der Waals surface area contributed by atoms with Crippen LogP contribution >= 0.6 is 8.15 Å². The summed E-state index contributed by atoms with van der Waals surface area (Å²) >= 11 is 0. The maximum Gasteiger partial charge on any atom is 0.297 e. The molecule has 3 heteroatoms. The topological polar surface area (TPSA) is 18.5 Å². The fraction of sp³-hybridized carbons (Fsp3) is 0.